The minimum atomic E-state index is -5.08. The highest BCUT2D eigenvalue weighted by Crippen LogP contribution is 2.45. The summed E-state index contributed by atoms with van der Waals surface area (Å²) in [5, 5.41) is 18.6. The Morgan fingerprint density at radius 1 is 0.593 bits per heavy atom. The Morgan fingerprint density at radius 2 is 1.03 bits per heavy atom. The van der Waals surface area contributed by atoms with E-state index in [9.17, 15) is 63.5 Å². The number of benzene rings is 4. The first-order valence-corrected chi connectivity index (χ1v) is 28.0. The third-order valence-electron chi connectivity index (χ3n) is 14.3. The van der Waals surface area contributed by atoms with Crippen molar-refractivity contribution in [1.29, 1.82) is 0 Å². The highest BCUT2D eigenvalue weighted by atomic mass is 19.4. The van der Waals surface area contributed by atoms with Crippen LogP contribution in [-0.4, -0.2) is 108 Å². The van der Waals surface area contributed by atoms with Gasteiger partial charge in [-0.1, -0.05) is 37.1 Å². The van der Waals surface area contributed by atoms with Crippen LogP contribution >= 0.6 is 0 Å². The molecule has 8 rings (SSSR count). The second-order valence-corrected chi connectivity index (χ2v) is 23.2. The molecule has 0 radical (unpaired) electrons. The molecule has 2 heterocycles. The van der Waals surface area contributed by atoms with E-state index in [1.807, 2.05) is 6.07 Å². The lowest BCUT2D eigenvalue weighted by Crippen LogP contribution is -2.45. The molecule has 2 aliphatic carbocycles. The fourth-order valence-electron chi connectivity index (χ4n) is 9.73. The minimum Gasteiger partial charge on any atom is -0.489 e. The van der Waals surface area contributed by atoms with Crippen LogP contribution in [0.15, 0.2) is 72.8 Å². The number of carbonyl (C=O) groups excluding carboxylic acids is 4. The number of aliphatic carboxylic acids is 2. The third kappa shape index (κ3) is 19.7. The Kier molecular flexibility index (Phi) is 22.2. The number of carbonyl (C=O) groups is 6. The van der Waals surface area contributed by atoms with Crippen LogP contribution in [0.1, 0.15) is 149 Å². The lowest BCUT2D eigenvalue weighted by atomic mass is 9.78. The lowest BCUT2D eigenvalue weighted by molar-refractivity contribution is -0.192. The van der Waals surface area contributed by atoms with E-state index in [0.29, 0.717) is 65.4 Å². The fraction of sp³-hybridized carbons (Fsp3) is 0.508. The first-order valence-electron chi connectivity index (χ1n) is 28.0. The highest BCUT2D eigenvalue weighted by Gasteiger charge is 2.40. The Bertz CT molecular complexity index is 3070. The molecule has 3 N–H and O–H groups in total. The molecule has 4 aromatic carbocycles. The van der Waals surface area contributed by atoms with Crippen LogP contribution in [0.25, 0.3) is 0 Å². The quantitative estimate of drug-likeness (QED) is 0.0483. The number of amides is 3. The Hall–Kier alpha value is -7.57. The van der Waals surface area contributed by atoms with E-state index in [1.165, 1.54) is 17.0 Å². The fourth-order valence-corrected chi connectivity index (χ4v) is 9.73. The number of nitrogens with one attached hydrogen (secondary N) is 1. The molecule has 2 aliphatic heterocycles. The second-order valence-electron chi connectivity index (χ2n) is 23.2. The molecule has 2 fully saturated rings. The topological polar surface area (TPSA) is 202 Å². The monoisotopic (exact) mass is 1220 g/mol. The Balaban J connectivity index is 0.000000255. The molecule has 2 saturated carbocycles. The second kappa shape index (κ2) is 28.3. The van der Waals surface area contributed by atoms with Gasteiger partial charge in [-0.3, -0.25) is 24.1 Å². The number of rotatable bonds is 18. The van der Waals surface area contributed by atoms with Gasteiger partial charge in [-0.2, -0.15) is 39.5 Å². The standard InChI is InChI=1S/C34H43F3N2O6.C25H27F3N2O4.C2HF3O2/c1-32(2,3)44-30(41)15-16-38(31(42)45-33(4,5)6)20-29(40)39-17-14-24-19-25(11-13-28(24)39)43-21-22-10-12-26(23-8-7-9-23)27(18-22)34(35,36)37;26-25(27,28)21-12-16(4-6-20(21)17-2-1-3-17)15-34-19-5-7-22-18(13-19)9-11-30(22)23(31)14-29-10-8-24(32)33;3-2(4,5)1(6)7/h10-13,18-19,23H,7-9,14-17,20-21H2,1-6H3;4-7,12-13,17,29H,1-3,8-11,14-15H2,(H,32,33);(H,6,7). The summed E-state index contributed by atoms with van der Waals surface area (Å²) in [5.41, 5.74) is 2.16. The SMILES string of the molecule is CC(C)(C)OC(=O)CCN(CC(=O)N1CCc2cc(OCc3ccc(C4CCC4)c(C(F)(F)F)c3)ccc21)C(=O)OC(C)(C)C.O=C(O)C(F)(F)F.O=C(O)CCNCC(=O)N1CCc2cc(OCc3ccc(C4CCC4)c(C(F)(F)F)c3)ccc21. The van der Waals surface area contributed by atoms with Crippen molar-refractivity contribution in [2.24, 2.45) is 0 Å². The molecular formula is C61H71F9N4O12. The zero-order chi connectivity index (χ0) is 63.5. The average Bonchev–Trinajstić information content (AvgIpc) is 1.92. The molecule has 4 aliphatic rings. The van der Waals surface area contributed by atoms with Crippen LogP contribution in [0.3, 0.4) is 0 Å². The van der Waals surface area contributed by atoms with Gasteiger partial charge in [0.15, 0.2) is 0 Å². The molecule has 16 nitrogen and oxygen atoms in total. The summed E-state index contributed by atoms with van der Waals surface area (Å²) < 4.78 is 136. The van der Waals surface area contributed by atoms with Crippen molar-refractivity contribution in [3.63, 3.8) is 0 Å². The molecule has 86 heavy (non-hydrogen) atoms. The molecule has 0 bridgehead atoms. The van der Waals surface area contributed by atoms with Crippen LogP contribution in [0, 0.1) is 0 Å². The maximum Gasteiger partial charge on any atom is 0.490 e. The zero-order valence-electron chi connectivity index (χ0n) is 48.5. The lowest BCUT2D eigenvalue weighted by Gasteiger charge is -2.29. The Morgan fingerprint density at radius 3 is 1.42 bits per heavy atom. The largest absolute Gasteiger partial charge is 0.490 e. The van der Waals surface area contributed by atoms with Crippen molar-refractivity contribution in [1.82, 2.24) is 10.2 Å². The van der Waals surface area contributed by atoms with E-state index in [-0.39, 0.29) is 75.9 Å². The van der Waals surface area contributed by atoms with E-state index in [0.717, 1.165) is 55.3 Å². The van der Waals surface area contributed by atoms with Gasteiger partial charge >= 0.3 is 42.5 Å². The van der Waals surface area contributed by atoms with Gasteiger partial charge in [-0.15, -0.1) is 0 Å². The number of ether oxygens (including phenoxy) is 4. The first-order chi connectivity index (χ1) is 40.1. The number of carboxylic acid groups (broad SMARTS) is 2. The van der Waals surface area contributed by atoms with Gasteiger partial charge in [-0.25, -0.2) is 9.59 Å². The number of esters is 1. The first kappa shape index (κ1) is 67.6. The Labute approximate surface area is 491 Å². The smallest absolute Gasteiger partial charge is 0.489 e. The van der Waals surface area contributed by atoms with Crippen LogP contribution in [-0.2, 0) is 71.9 Å². The van der Waals surface area contributed by atoms with Gasteiger partial charge < -0.3 is 44.3 Å². The third-order valence-corrected chi connectivity index (χ3v) is 14.3. The van der Waals surface area contributed by atoms with E-state index in [2.05, 4.69) is 5.32 Å². The average molecular weight is 1220 g/mol. The summed E-state index contributed by atoms with van der Waals surface area (Å²) in [6.45, 7) is 11.2. The van der Waals surface area contributed by atoms with Gasteiger partial charge in [0, 0.05) is 37.6 Å². The number of halogens is 9. The number of nitrogens with zero attached hydrogens (tertiary/aromatic N) is 3. The van der Waals surface area contributed by atoms with Crippen molar-refractivity contribution >= 4 is 47.2 Å². The van der Waals surface area contributed by atoms with Crippen molar-refractivity contribution in [2.45, 2.75) is 161 Å². The van der Waals surface area contributed by atoms with Crippen LogP contribution < -0.4 is 24.6 Å². The molecule has 470 valence electrons. The predicted molar refractivity (Wildman–Crippen MR) is 297 cm³/mol. The van der Waals surface area contributed by atoms with Gasteiger partial charge in [0.1, 0.15) is 42.5 Å². The number of alkyl halides is 9. The molecule has 25 heteroatoms. The summed E-state index contributed by atoms with van der Waals surface area (Å²) in [7, 11) is 0. The van der Waals surface area contributed by atoms with Gasteiger partial charge in [0.2, 0.25) is 11.8 Å². The molecule has 0 saturated heterocycles. The van der Waals surface area contributed by atoms with Crippen LogP contribution in [0.4, 0.5) is 55.7 Å². The van der Waals surface area contributed by atoms with E-state index in [1.54, 1.807) is 106 Å². The summed E-state index contributed by atoms with van der Waals surface area (Å²) in [5.74, 6) is -3.71. The zero-order valence-corrected chi connectivity index (χ0v) is 48.5. The van der Waals surface area contributed by atoms with E-state index < -0.39 is 64.9 Å². The van der Waals surface area contributed by atoms with Crippen LogP contribution in [0.5, 0.6) is 11.5 Å². The molecule has 0 atom stereocenters. The predicted octanol–water partition coefficient (Wildman–Crippen LogP) is 12.5. The van der Waals surface area contributed by atoms with Crippen LogP contribution in [0.2, 0.25) is 0 Å². The van der Waals surface area contributed by atoms with Crippen molar-refractivity contribution in [2.75, 3.05) is 49.1 Å². The minimum absolute atomic E-state index is 0.0127. The van der Waals surface area contributed by atoms with Gasteiger partial charge in [0.25, 0.3) is 0 Å². The number of fused-ring (bicyclic) bond motifs is 2. The molecule has 0 unspecified atom stereocenters. The molecule has 4 aromatic rings. The number of hydrogen-bond acceptors (Lipinski definition) is 11. The highest BCUT2D eigenvalue weighted by molar-refractivity contribution is 5.98. The van der Waals surface area contributed by atoms with E-state index in [4.69, 9.17) is 34.0 Å². The van der Waals surface area contributed by atoms with Gasteiger partial charge in [0.05, 0.1) is 30.5 Å². The molecule has 0 aromatic heterocycles. The number of anilines is 2. The molecular weight excluding hydrogens is 1150 g/mol. The number of hydrogen-bond donors (Lipinski definition) is 3. The summed E-state index contributed by atoms with van der Waals surface area (Å²) >= 11 is 0. The van der Waals surface area contributed by atoms with E-state index >= 15 is 0 Å². The summed E-state index contributed by atoms with van der Waals surface area (Å²) in [4.78, 5) is 75.0. The van der Waals surface area contributed by atoms with Crippen molar-refractivity contribution in [3.05, 3.63) is 117 Å². The maximum absolute atomic E-state index is 13.8. The number of carboxylic acids is 2. The van der Waals surface area contributed by atoms with Crippen molar-refractivity contribution < 1.29 is 97.4 Å². The van der Waals surface area contributed by atoms with Gasteiger partial charge in [-0.05, 0) is 174 Å². The molecule has 0 spiro atoms. The summed E-state index contributed by atoms with van der Waals surface area (Å²) in [6.07, 6.45) is -8.54. The summed E-state index contributed by atoms with van der Waals surface area (Å²) in [6, 6.07) is 19.4. The molecule has 3 amide bonds. The maximum atomic E-state index is 13.8. The van der Waals surface area contributed by atoms with Crippen molar-refractivity contribution in [3.8, 4) is 11.5 Å². The normalized spacial score (nSPS) is 15.1.